The van der Waals surface area contributed by atoms with Gasteiger partial charge in [0.05, 0.1) is 17.1 Å². The van der Waals surface area contributed by atoms with Gasteiger partial charge in [-0.05, 0) is 32.0 Å². The Morgan fingerprint density at radius 2 is 2.10 bits per heavy atom. The molecule has 0 fully saturated rings. The highest BCUT2D eigenvalue weighted by molar-refractivity contribution is 5.95. The zero-order chi connectivity index (χ0) is 15.6. The number of nitrogens with zero attached hydrogens (tertiary/aromatic N) is 2. The molecular weight excluding hydrogens is 268 g/mol. The summed E-state index contributed by atoms with van der Waals surface area (Å²) in [6, 6.07) is 5.21. The first-order valence-corrected chi connectivity index (χ1v) is 6.67. The smallest absolute Gasteiger partial charge is 0.253 e. The van der Waals surface area contributed by atoms with E-state index in [4.69, 9.17) is 10.3 Å². The molecule has 0 bridgehead atoms. The number of aromatic nitrogens is 1. The summed E-state index contributed by atoms with van der Waals surface area (Å²) in [6.07, 6.45) is 0. The molecule has 0 aliphatic rings. The lowest BCUT2D eigenvalue weighted by Gasteiger charge is -2.14. The van der Waals surface area contributed by atoms with E-state index < -0.39 is 0 Å². The molecule has 0 saturated heterocycles. The van der Waals surface area contributed by atoms with E-state index in [1.807, 2.05) is 13.8 Å². The van der Waals surface area contributed by atoms with Crippen molar-refractivity contribution in [2.75, 3.05) is 25.1 Å². The molecule has 0 radical (unpaired) electrons. The Balaban J connectivity index is 2.20. The molecular formula is C15H20N4O2. The summed E-state index contributed by atoms with van der Waals surface area (Å²) in [5.41, 5.74) is 9.71. The van der Waals surface area contributed by atoms with Crippen molar-refractivity contribution < 1.29 is 9.32 Å². The molecule has 1 aromatic heterocycles. The van der Waals surface area contributed by atoms with Gasteiger partial charge in [-0.15, -0.1) is 0 Å². The number of amides is 1. The van der Waals surface area contributed by atoms with Gasteiger partial charge in [-0.2, -0.15) is 0 Å². The zero-order valence-electron chi connectivity index (χ0n) is 12.7. The highest BCUT2D eigenvalue weighted by atomic mass is 16.5. The van der Waals surface area contributed by atoms with Crippen LogP contribution in [0.1, 0.15) is 27.4 Å². The molecule has 3 N–H and O–H groups in total. The first-order valence-electron chi connectivity index (χ1n) is 6.67. The van der Waals surface area contributed by atoms with E-state index in [9.17, 15) is 4.79 Å². The first-order chi connectivity index (χ1) is 9.90. The normalized spacial score (nSPS) is 10.5. The highest BCUT2D eigenvalue weighted by Gasteiger charge is 2.12. The third-order valence-corrected chi connectivity index (χ3v) is 3.34. The second-order valence-corrected chi connectivity index (χ2v) is 5.16. The van der Waals surface area contributed by atoms with Crippen LogP contribution in [0, 0.1) is 13.8 Å². The largest absolute Gasteiger partial charge is 0.397 e. The van der Waals surface area contributed by atoms with Crippen LogP contribution in [0.5, 0.6) is 0 Å². The van der Waals surface area contributed by atoms with Crippen LogP contribution in [0.2, 0.25) is 0 Å². The van der Waals surface area contributed by atoms with Crippen LogP contribution in [0.15, 0.2) is 22.7 Å². The van der Waals surface area contributed by atoms with Crippen molar-refractivity contribution in [1.29, 1.82) is 0 Å². The van der Waals surface area contributed by atoms with Crippen LogP contribution < -0.4 is 11.1 Å². The number of carbonyl (C=O) groups excluding carboxylic acids is 1. The van der Waals surface area contributed by atoms with E-state index >= 15 is 0 Å². The molecule has 0 atom stereocenters. The van der Waals surface area contributed by atoms with Crippen molar-refractivity contribution in [1.82, 2.24) is 10.1 Å². The van der Waals surface area contributed by atoms with Crippen LogP contribution in [-0.2, 0) is 6.54 Å². The molecule has 1 aromatic carbocycles. The molecule has 21 heavy (non-hydrogen) atoms. The number of nitrogens with one attached hydrogen (secondary N) is 1. The number of carbonyl (C=O) groups is 1. The summed E-state index contributed by atoms with van der Waals surface area (Å²) in [7, 11) is 3.44. The minimum atomic E-state index is -0.0598. The molecule has 1 heterocycles. The Labute approximate surface area is 123 Å². The molecule has 6 heteroatoms. The van der Waals surface area contributed by atoms with Gasteiger partial charge in [-0.3, -0.25) is 4.79 Å². The van der Waals surface area contributed by atoms with E-state index in [1.165, 1.54) is 4.90 Å². The van der Waals surface area contributed by atoms with Crippen LogP contribution in [-0.4, -0.2) is 30.1 Å². The third kappa shape index (κ3) is 3.16. The quantitative estimate of drug-likeness (QED) is 0.842. The Morgan fingerprint density at radius 3 is 2.67 bits per heavy atom. The predicted octanol–water partition coefficient (Wildman–Crippen LogP) is 2.19. The Hall–Kier alpha value is -2.50. The summed E-state index contributed by atoms with van der Waals surface area (Å²) in [6.45, 7) is 4.31. The lowest BCUT2D eigenvalue weighted by molar-refractivity contribution is 0.0827. The van der Waals surface area contributed by atoms with E-state index in [0.717, 1.165) is 22.7 Å². The standard InChI is InChI=1S/C15H20N4O2/c1-9-12(10(2)21-18-9)8-17-14-7-11(5-6-13(14)16)15(20)19(3)4/h5-7,17H,8,16H2,1-4H3. The molecule has 2 rings (SSSR count). The van der Waals surface area contributed by atoms with Crippen molar-refractivity contribution in [2.24, 2.45) is 0 Å². The van der Waals surface area contributed by atoms with Crippen LogP contribution in [0.4, 0.5) is 11.4 Å². The van der Waals surface area contributed by atoms with Gasteiger partial charge in [0.1, 0.15) is 5.76 Å². The van der Waals surface area contributed by atoms with Gasteiger partial charge in [0.2, 0.25) is 0 Å². The topological polar surface area (TPSA) is 84.4 Å². The fourth-order valence-electron chi connectivity index (χ4n) is 2.04. The number of nitrogens with two attached hydrogens (primary N) is 1. The lowest BCUT2D eigenvalue weighted by atomic mass is 10.1. The van der Waals surface area contributed by atoms with Crippen molar-refractivity contribution in [3.63, 3.8) is 0 Å². The van der Waals surface area contributed by atoms with Crippen molar-refractivity contribution in [3.05, 3.63) is 40.8 Å². The summed E-state index contributed by atoms with van der Waals surface area (Å²) in [5.74, 6) is 0.717. The Kier molecular flexibility index (Phi) is 4.16. The maximum atomic E-state index is 12.0. The first kappa shape index (κ1) is 14.9. The molecule has 6 nitrogen and oxygen atoms in total. The average Bonchev–Trinajstić information content (AvgIpc) is 2.76. The van der Waals surface area contributed by atoms with Gasteiger partial charge >= 0.3 is 0 Å². The Bertz CT molecular complexity index is 642. The van der Waals surface area contributed by atoms with Crippen molar-refractivity contribution >= 4 is 17.3 Å². The van der Waals surface area contributed by atoms with Gasteiger partial charge in [0.25, 0.3) is 5.91 Å². The SMILES string of the molecule is Cc1noc(C)c1CNc1cc(C(=O)N(C)C)ccc1N. The number of benzene rings is 1. The predicted molar refractivity (Wildman–Crippen MR) is 82.2 cm³/mol. The van der Waals surface area contributed by atoms with E-state index in [2.05, 4.69) is 10.5 Å². The summed E-state index contributed by atoms with van der Waals surface area (Å²) >= 11 is 0. The van der Waals surface area contributed by atoms with Gasteiger partial charge in [0.15, 0.2) is 0 Å². The number of hydrogen-bond donors (Lipinski definition) is 2. The number of hydrogen-bond acceptors (Lipinski definition) is 5. The van der Waals surface area contributed by atoms with E-state index in [0.29, 0.717) is 17.8 Å². The lowest BCUT2D eigenvalue weighted by Crippen LogP contribution is -2.21. The molecule has 0 spiro atoms. The number of rotatable bonds is 4. The van der Waals surface area contributed by atoms with Crippen LogP contribution in [0.25, 0.3) is 0 Å². The molecule has 2 aromatic rings. The second kappa shape index (κ2) is 5.87. The molecule has 0 saturated carbocycles. The number of nitrogen functional groups attached to an aromatic ring is 1. The van der Waals surface area contributed by atoms with E-state index in [-0.39, 0.29) is 5.91 Å². The second-order valence-electron chi connectivity index (χ2n) is 5.16. The molecule has 0 unspecified atom stereocenters. The van der Waals surface area contributed by atoms with Gasteiger partial charge in [-0.1, -0.05) is 5.16 Å². The van der Waals surface area contributed by atoms with Crippen molar-refractivity contribution in [3.8, 4) is 0 Å². The maximum Gasteiger partial charge on any atom is 0.253 e. The van der Waals surface area contributed by atoms with Gasteiger partial charge in [-0.25, -0.2) is 0 Å². The fraction of sp³-hybridized carbons (Fsp3) is 0.333. The van der Waals surface area contributed by atoms with Crippen molar-refractivity contribution in [2.45, 2.75) is 20.4 Å². The van der Waals surface area contributed by atoms with E-state index in [1.54, 1.807) is 32.3 Å². The third-order valence-electron chi connectivity index (χ3n) is 3.34. The molecule has 112 valence electrons. The molecule has 1 amide bonds. The minimum Gasteiger partial charge on any atom is -0.397 e. The summed E-state index contributed by atoms with van der Waals surface area (Å²) in [4.78, 5) is 13.5. The summed E-state index contributed by atoms with van der Waals surface area (Å²) < 4.78 is 5.13. The number of anilines is 2. The monoisotopic (exact) mass is 288 g/mol. The summed E-state index contributed by atoms with van der Waals surface area (Å²) in [5, 5.41) is 7.15. The average molecular weight is 288 g/mol. The molecule has 0 aliphatic carbocycles. The Morgan fingerprint density at radius 1 is 1.38 bits per heavy atom. The van der Waals surface area contributed by atoms with Gasteiger partial charge in [0, 0.05) is 31.8 Å². The maximum absolute atomic E-state index is 12.0. The minimum absolute atomic E-state index is 0.0598. The number of aryl methyl sites for hydroxylation is 2. The van der Waals surface area contributed by atoms with Crippen LogP contribution in [0.3, 0.4) is 0 Å². The van der Waals surface area contributed by atoms with Gasteiger partial charge < -0.3 is 20.5 Å². The zero-order valence-corrected chi connectivity index (χ0v) is 12.7. The van der Waals surface area contributed by atoms with Crippen LogP contribution >= 0.6 is 0 Å². The molecule has 0 aliphatic heterocycles. The highest BCUT2D eigenvalue weighted by Crippen LogP contribution is 2.22. The fourth-order valence-corrected chi connectivity index (χ4v) is 2.04.